The molecule has 31 heavy (non-hydrogen) atoms. The molecule has 0 aliphatic carbocycles. The monoisotopic (exact) mass is 434 g/mol. The first-order chi connectivity index (χ1) is 14.8. The van der Waals surface area contributed by atoms with Gasteiger partial charge in [-0.3, -0.25) is 0 Å². The maximum Gasteiger partial charge on any atom is 0.433 e. The number of ether oxygens (including phenoxy) is 1. The van der Waals surface area contributed by atoms with E-state index in [-0.39, 0.29) is 11.8 Å². The van der Waals surface area contributed by atoms with Crippen LogP contribution < -0.4 is 10.2 Å². The van der Waals surface area contributed by atoms with Crippen LogP contribution in [0.5, 0.6) is 0 Å². The second-order valence-corrected chi connectivity index (χ2v) is 7.85. The van der Waals surface area contributed by atoms with Crippen LogP contribution in [0.25, 0.3) is 11.1 Å². The van der Waals surface area contributed by atoms with Gasteiger partial charge < -0.3 is 19.9 Å². The highest BCUT2D eigenvalue weighted by Crippen LogP contribution is 2.35. The molecular weight excluding hydrogens is 409 g/mol. The summed E-state index contributed by atoms with van der Waals surface area (Å²) < 4.78 is 46.1. The third kappa shape index (κ3) is 4.92. The molecule has 0 unspecified atom stereocenters. The van der Waals surface area contributed by atoms with E-state index < -0.39 is 11.9 Å². The van der Waals surface area contributed by atoms with Crippen LogP contribution in [0.2, 0.25) is 0 Å². The van der Waals surface area contributed by atoms with E-state index in [1.54, 1.807) is 34.1 Å². The second-order valence-electron chi connectivity index (χ2n) is 7.85. The van der Waals surface area contributed by atoms with Crippen LogP contribution in [-0.4, -0.2) is 55.3 Å². The van der Waals surface area contributed by atoms with Crippen molar-refractivity contribution in [2.75, 3.05) is 49.6 Å². The minimum absolute atomic E-state index is 0.188. The predicted molar refractivity (Wildman–Crippen MR) is 112 cm³/mol. The molecule has 0 atom stereocenters. The van der Waals surface area contributed by atoms with Crippen molar-refractivity contribution in [1.82, 2.24) is 9.88 Å². The second kappa shape index (κ2) is 8.74. The Bertz CT molecular complexity index is 952. The molecule has 0 radical (unpaired) electrons. The highest BCUT2D eigenvalue weighted by atomic mass is 19.4. The molecule has 9 heteroatoms. The SMILES string of the molecule is Cc1ccc(NC(=O)N2CCCC2)cc1-c1cc(N2CCOCC2)nc(C(F)(F)F)c1. The number of aromatic nitrogens is 1. The summed E-state index contributed by atoms with van der Waals surface area (Å²) in [5.41, 5.74) is 1.47. The lowest BCUT2D eigenvalue weighted by molar-refractivity contribution is -0.141. The van der Waals surface area contributed by atoms with Gasteiger partial charge in [0, 0.05) is 31.9 Å². The van der Waals surface area contributed by atoms with Gasteiger partial charge in [0.05, 0.1) is 13.2 Å². The average molecular weight is 434 g/mol. The standard InChI is InChI=1S/C22H25F3N4O2/c1-15-4-5-17(26-21(30)29-6-2-3-7-29)14-18(15)16-12-19(22(23,24)25)27-20(13-16)28-8-10-31-11-9-28/h4-5,12-14H,2-3,6-11H2,1H3,(H,26,30). The van der Waals surface area contributed by atoms with Crippen LogP contribution in [-0.2, 0) is 10.9 Å². The summed E-state index contributed by atoms with van der Waals surface area (Å²) in [5.74, 6) is 0.277. The van der Waals surface area contributed by atoms with Gasteiger partial charge in [-0.2, -0.15) is 13.2 Å². The molecular formula is C22H25F3N4O2. The number of rotatable bonds is 3. The van der Waals surface area contributed by atoms with Gasteiger partial charge in [0.15, 0.2) is 0 Å². The van der Waals surface area contributed by atoms with E-state index >= 15 is 0 Å². The summed E-state index contributed by atoms with van der Waals surface area (Å²) >= 11 is 0. The third-order valence-corrected chi connectivity index (χ3v) is 5.63. The van der Waals surface area contributed by atoms with Crippen LogP contribution in [0.15, 0.2) is 30.3 Å². The smallest absolute Gasteiger partial charge is 0.378 e. The molecule has 2 fully saturated rings. The van der Waals surface area contributed by atoms with E-state index in [0.29, 0.717) is 56.2 Å². The van der Waals surface area contributed by atoms with Crippen molar-refractivity contribution in [3.05, 3.63) is 41.6 Å². The molecule has 1 N–H and O–H groups in total. The Morgan fingerprint density at radius 3 is 2.45 bits per heavy atom. The quantitative estimate of drug-likeness (QED) is 0.771. The van der Waals surface area contributed by atoms with E-state index in [1.807, 2.05) is 6.92 Å². The number of urea groups is 1. The average Bonchev–Trinajstić information content (AvgIpc) is 3.30. The first kappa shape index (κ1) is 21.4. The Labute approximate surface area is 179 Å². The van der Waals surface area contributed by atoms with Crippen LogP contribution in [0, 0.1) is 6.92 Å². The summed E-state index contributed by atoms with van der Waals surface area (Å²) in [6.07, 6.45) is -2.60. The fraction of sp³-hybridized carbons (Fsp3) is 0.455. The molecule has 3 heterocycles. The molecule has 0 bridgehead atoms. The number of nitrogens with one attached hydrogen (secondary N) is 1. The molecule has 0 saturated carbocycles. The molecule has 1 aromatic carbocycles. The molecule has 4 rings (SSSR count). The van der Waals surface area contributed by atoms with Gasteiger partial charge >= 0.3 is 12.2 Å². The van der Waals surface area contributed by atoms with Crippen molar-refractivity contribution < 1.29 is 22.7 Å². The normalized spacial score (nSPS) is 17.2. The molecule has 2 saturated heterocycles. The number of carbonyl (C=O) groups excluding carboxylic acids is 1. The van der Waals surface area contributed by atoms with Gasteiger partial charge in [-0.15, -0.1) is 0 Å². The van der Waals surface area contributed by atoms with E-state index in [1.165, 1.54) is 0 Å². The molecule has 166 valence electrons. The minimum Gasteiger partial charge on any atom is -0.378 e. The van der Waals surface area contributed by atoms with Gasteiger partial charge in [-0.05, 0) is 60.7 Å². The summed E-state index contributed by atoms with van der Waals surface area (Å²) in [7, 11) is 0. The van der Waals surface area contributed by atoms with Crippen LogP contribution >= 0.6 is 0 Å². The highest BCUT2D eigenvalue weighted by Gasteiger charge is 2.34. The summed E-state index contributed by atoms with van der Waals surface area (Å²) in [4.78, 5) is 19.8. The Balaban J connectivity index is 1.69. The zero-order valence-corrected chi connectivity index (χ0v) is 17.3. The van der Waals surface area contributed by atoms with Gasteiger partial charge in [0.1, 0.15) is 11.5 Å². The number of halogens is 3. The van der Waals surface area contributed by atoms with Gasteiger partial charge in [-0.25, -0.2) is 9.78 Å². The zero-order chi connectivity index (χ0) is 22.0. The number of likely N-dealkylation sites (tertiary alicyclic amines) is 1. The van der Waals surface area contributed by atoms with Crippen molar-refractivity contribution in [1.29, 1.82) is 0 Å². The number of nitrogens with zero attached hydrogens (tertiary/aromatic N) is 3. The van der Waals surface area contributed by atoms with E-state index in [0.717, 1.165) is 24.5 Å². The number of hydrogen-bond donors (Lipinski definition) is 1. The van der Waals surface area contributed by atoms with E-state index in [2.05, 4.69) is 10.3 Å². The molecule has 2 aromatic rings. The number of hydrogen-bond acceptors (Lipinski definition) is 4. The lowest BCUT2D eigenvalue weighted by atomic mass is 9.99. The zero-order valence-electron chi connectivity index (χ0n) is 17.3. The molecule has 6 nitrogen and oxygen atoms in total. The number of morpholine rings is 1. The first-order valence-corrected chi connectivity index (χ1v) is 10.4. The Hall–Kier alpha value is -2.81. The lowest BCUT2D eigenvalue weighted by Crippen LogP contribution is -2.37. The van der Waals surface area contributed by atoms with Crippen LogP contribution in [0.3, 0.4) is 0 Å². The van der Waals surface area contributed by atoms with Crippen LogP contribution in [0.1, 0.15) is 24.1 Å². The largest absolute Gasteiger partial charge is 0.433 e. The Morgan fingerprint density at radius 1 is 1.06 bits per heavy atom. The first-order valence-electron chi connectivity index (χ1n) is 10.4. The molecule has 2 aliphatic rings. The number of amides is 2. The molecule has 1 aromatic heterocycles. The summed E-state index contributed by atoms with van der Waals surface area (Å²) in [5, 5.41) is 2.87. The number of pyridine rings is 1. The van der Waals surface area contributed by atoms with E-state index in [4.69, 9.17) is 4.74 Å². The predicted octanol–water partition coefficient (Wildman–Crippen LogP) is 4.54. The third-order valence-electron chi connectivity index (χ3n) is 5.63. The van der Waals surface area contributed by atoms with E-state index in [9.17, 15) is 18.0 Å². The summed E-state index contributed by atoms with van der Waals surface area (Å²) in [6, 6.07) is 7.85. The van der Waals surface area contributed by atoms with Crippen LogP contribution in [0.4, 0.5) is 29.5 Å². The fourth-order valence-electron chi connectivity index (χ4n) is 3.90. The molecule has 2 amide bonds. The maximum absolute atomic E-state index is 13.6. The number of anilines is 2. The number of aryl methyl sites for hydroxylation is 1. The number of benzene rings is 1. The highest BCUT2D eigenvalue weighted by molar-refractivity contribution is 5.90. The molecule has 0 spiro atoms. The van der Waals surface area contributed by atoms with Gasteiger partial charge in [-0.1, -0.05) is 6.07 Å². The van der Waals surface area contributed by atoms with Crippen molar-refractivity contribution in [3.8, 4) is 11.1 Å². The Kier molecular flexibility index (Phi) is 6.04. The van der Waals surface area contributed by atoms with Crippen molar-refractivity contribution >= 4 is 17.5 Å². The fourth-order valence-corrected chi connectivity index (χ4v) is 3.90. The topological polar surface area (TPSA) is 57.7 Å². The summed E-state index contributed by atoms with van der Waals surface area (Å²) in [6.45, 7) is 5.13. The lowest BCUT2D eigenvalue weighted by Gasteiger charge is -2.29. The minimum atomic E-state index is -4.56. The Morgan fingerprint density at radius 2 is 1.77 bits per heavy atom. The van der Waals surface area contributed by atoms with Crippen molar-refractivity contribution in [2.45, 2.75) is 25.9 Å². The van der Waals surface area contributed by atoms with Crippen molar-refractivity contribution in [2.24, 2.45) is 0 Å². The van der Waals surface area contributed by atoms with Gasteiger partial charge in [0.25, 0.3) is 0 Å². The number of alkyl halides is 3. The number of carbonyl (C=O) groups is 1. The maximum atomic E-state index is 13.6. The molecule has 2 aliphatic heterocycles. The van der Waals surface area contributed by atoms with Gasteiger partial charge in [0.2, 0.25) is 0 Å². The van der Waals surface area contributed by atoms with Crippen molar-refractivity contribution in [3.63, 3.8) is 0 Å².